The number of nitrogens with two attached hydrogens (primary N) is 1. The fourth-order valence-corrected chi connectivity index (χ4v) is 3.93. The highest BCUT2D eigenvalue weighted by Crippen LogP contribution is 2.34. The van der Waals surface area contributed by atoms with Gasteiger partial charge in [0.15, 0.2) is 6.04 Å². The Hall–Kier alpha value is -2.60. The van der Waals surface area contributed by atoms with Gasteiger partial charge in [0, 0.05) is 5.69 Å². The molecule has 150 valence electrons. The maximum atomic E-state index is 12.9. The van der Waals surface area contributed by atoms with Gasteiger partial charge in [0.1, 0.15) is 0 Å². The summed E-state index contributed by atoms with van der Waals surface area (Å²) in [4.78, 5) is 25.3. The Balaban J connectivity index is 1.81. The lowest BCUT2D eigenvalue weighted by Gasteiger charge is -2.32. The van der Waals surface area contributed by atoms with Crippen LogP contribution in [0, 0.1) is 0 Å². The Morgan fingerprint density at radius 3 is 2.36 bits per heavy atom. The molecule has 2 atom stereocenters. The molecule has 1 unspecified atom stereocenters. The average molecular weight is 384 g/mol. The van der Waals surface area contributed by atoms with Crippen LogP contribution in [0.4, 0.5) is 5.69 Å². The van der Waals surface area contributed by atoms with Crippen LogP contribution in [0.5, 0.6) is 0 Å². The molecule has 1 aliphatic rings. The van der Waals surface area contributed by atoms with Crippen molar-refractivity contribution in [3.05, 3.63) is 42.0 Å². The molecule has 0 spiro atoms. The van der Waals surface area contributed by atoms with E-state index in [0.717, 1.165) is 36.5 Å². The number of anilines is 1. The number of fused-ring (bicyclic) bond motifs is 1. The molecule has 1 aliphatic carbocycles. The van der Waals surface area contributed by atoms with Gasteiger partial charge in [0.25, 0.3) is 5.91 Å². The van der Waals surface area contributed by atoms with Gasteiger partial charge in [-0.05, 0) is 49.6 Å². The van der Waals surface area contributed by atoms with Gasteiger partial charge in [-0.3, -0.25) is 4.79 Å². The van der Waals surface area contributed by atoms with Gasteiger partial charge >= 0.3 is 5.97 Å². The smallest absolute Gasteiger partial charge is 0.331 e. The van der Waals surface area contributed by atoms with Crippen LogP contribution >= 0.6 is 0 Å². The third-order valence-electron chi connectivity index (χ3n) is 5.51. The molecule has 0 aliphatic heterocycles. The number of carbonyl (C=O) groups is 2. The SMILES string of the molecule is COC(=O)[C@@H](NC(=O)c1cc2ccccc2cc1N)C(C)OC1(C)CCCC1. The molecule has 3 rings (SSSR count). The van der Waals surface area contributed by atoms with Crippen LogP contribution in [0.3, 0.4) is 0 Å². The first kappa shape index (κ1) is 20.1. The summed E-state index contributed by atoms with van der Waals surface area (Å²) in [6.45, 7) is 3.84. The van der Waals surface area contributed by atoms with Gasteiger partial charge in [0.2, 0.25) is 0 Å². The van der Waals surface area contributed by atoms with Crippen LogP contribution in [0.15, 0.2) is 36.4 Å². The van der Waals surface area contributed by atoms with E-state index in [1.807, 2.05) is 31.2 Å². The van der Waals surface area contributed by atoms with E-state index in [-0.39, 0.29) is 5.60 Å². The average Bonchev–Trinajstić information content (AvgIpc) is 3.10. The van der Waals surface area contributed by atoms with Crippen LogP contribution in [0.2, 0.25) is 0 Å². The van der Waals surface area contributed by atoms with Crippen LogP contribution in [0.1, 0.15) is 49.9 Å². The number of hydrogen-bond donors (Lipinski definition) is 2. The van der Waals surface area contributed by atoms with Gasteiger partial charge in [-0.25, -0.2) is 4.79 Å². The number of nitrogens with one attached hydrogen (secondary N) is 1. The number of amides is 1. The summed E-state index contributed by atoms with van der Waals surface area (Å²) in [5, 5.41) is 4.61. The van der Waals surface area contributed by atoms with Gasteiger partial charge in [-0.1, -0.05) is 37.1 Å². The molecule has 1 fully saturated rings. The minimum Gasteiger partial charge on any atom is -0.467 e. The molecule has 0 bridgehead atoms. The third-order valence-corrected chi connectivity index (χ3v) is 5.51. The Labute approximate surface area is 165 Å². The molecular weight excluding hydrogens is 356 g/mol. The summed E-state index contributed by atoms with van der Waals surface area (Å²) in [6.07, 6.45) is 3.56. The molecule has 28 heavy (non-hydrogen) atoms. The predicted molar refractivity (Wildman–Crippen MR) is 109 cm³/mol. The van der Waals surface area contributed by atoms with Crippen molar-refractivity contribution in [3.8, 4) is 0 Å². The second-order valence-corrected chi connectivity index (χ2v) is 7.74. The highest BCUT2D eigenvalue weighted by Gasteiger charge is 2.37. The quantitative estimate of drug-likeness (QED) is 0.588. The lowest BCUT2D eigenvalue weighted by Crippen LogP contribution is -2.51. The number of nitrogen functional groups attached to an aromatic ring is 1. The number of methoxy groups -OCH3 is 1. The van der Waals surface area contributed by atoms with Gasteiger partial charge in [0.05, 0.1) is 24.4 Å². The maximum Gasteiger partial charge on any atom is 0.331 e. The normalized spacial score (nSPS) is 17.8. The molecule has 2 aromatic carbocycles. The molecule has 6 nitrogen and oxygen atoms in total. The molecule has 6 heteroatoms. The summed E-state index contributed by atoms with van der Waals surface area (Å²) in [6, 6.07) is 10.2. The van der Waals surface area contributed by atoms with Crippen molar-refractivity contribution in [2.24, 2.45) is 0 Å². The maximum absolute atomic E-state index is 12.9. The number of ether oxygens (including phenoxy) is 2. The molecular formula is C22H28N2O4. The van der Waals surface area contributed by atoms with Crippen LogP contribution in [-0.2, 0) is 14.3 Å². The van der Waals surface area contributed by atoms with Crippen molar-refractivity contribution in [2.45, 2.75) is 57.3 Å². The monoisotopic (exact) mass is 384 g/mol. The Bertz CT molecular complexity index is 874. The molecule has 1 saturated carbocycles. The fraction of sp³-hybridized carbons (Fsp3) is 0.455. The summed E-state index contributed by atoms with van der Waals surface area (Å²) in [7, 11) is 1.30. The first-order chi connectivity index (χ1) is 13.3. The highest BCUT2D eigenvalue weighted by molar-refractivity contribution is 6.05. The van der Waals surface area contributed by atoms with E-state index in [0.29, 0.717) is 11.3 Å². The standard InChI is InChI=1S/C22H28N2O4/c1-14(28-22(2)10-6-7-11-22)19(21(26)27-3)24-20(25)17-12-15-8-4-5-9-16(15)13-18(17)23/h4-5,8-9,12-14,19H,6-7,10-11,23H2,1-3H3,(H,24,25)/t14?,19-/m0/s1. The van der Waals surface area contributed by atoms with Crippen molar-refractivity contribution < 1.29 is 19.1 Å². The van der Waals surface area contributed by atoms with E-state index in [1.165, 1.54) is 7.11 Å². The third kappa shape index (κ3) is 4.28. The molecule has 3 N–H and O–H groups in total. The zero-order valence-corrected chi connectivity index (χ0v) is 16.7. The minimum atomic E-state index is -0.916. The van der Waals surface area contributed by atoms with Crippen molar-refractivity contribution in [1.82, 2.24) is 5.32 Å². The van der Waals surface area contributed by atoms with E-state index in [9.17, 15) is 9.59 Å². The highest BCUT2D eigenvalue weighted by atomic mass is 16.5. The Morgan fingerprint density at radius 2 is 1.75 bits per heavy atom. The number of carbonyl (C=O) groups excluding carboxylic acids is 2. The van der Waals surface area contributed by atoms with Crippen LogP contribution in [0.25, 0.3) is 10.8 Å². The van der Waals surface area contributed by atoms with Gasteiger partial charge in [-0.15, -0.1) is 0 Å². The van der Waals surface area contributed by atoms with E-state index in [2.05, 4.69) is 5.32 Å². The predicted octanol–water partition coefficient (Wildman–Crippen LogP) is 3.43. The topological polar surface area (TPSA) is 90.7 Å². The minimum absolute atomic E-state index is 0.279. The summed E-state index contributed by atoms with van der Waals surface area (Å²) >= 11 is 0. The van der Waals surface area contributed by atoms with E-state index in [1.54, 1.807) is 19.1 Å². The molecule has 0 aromatic heterocycles. The lowest BCUT2D eigenvalue weighted by atomic mass is 10.0. The zero-order chi connectivity index (χ0) is 20.3. The van der Waals surface area contributed by atoms with Crippen LogP contribution in [-0.4, -0.2) is 36.7 Å². The lowest BCUT2D eigenvalue weighted by molar-refractivity contribution is -0.151. The number of benzene rings is 2. The summed E-state index contributed by atoms with van der Waals surface area (Å²) in [5.41, 5.74) is 6.50. The molecule has 2 aromatic rings. The second kappa shape index (κ2) is 8.19. The molecule has 1 amide bonds. The van der Waals surface area contributed by atoms with E-state index >= 15 is 0 Å². The van der Waals surface area contributed by atoms with Crippen molar-refractivity contribution >= 4 is 28.3 Å². The van der Waals surface area contributed by atoms with Crippen molar-refractivity contribution in [1.29, 1.82) is 0 Å². The first-order valence-corrected chi connectivity index (χ1v) is 9.68. The van der Waals surface area contributed by atoms with Crippen molar-refractivity contribution in [3.63, 3.8) is 0 Å². The fourth-order valence-electron chi connectivity index (χ4n) is 3.93. The molecule has 0 heterocycles. The summed E-state index contributed by atoms with van der Waals surface area (Å²) in [5.74, 6) is -0.965. The van der Waals surface area contributed by atoms with Crippen LogP contribution < -0.4 is 11.1 Å². The first-order valence-electron chi connectivity index (χ1n) is 9.68. The second-order valence-electron chi connectivity index (χ2n) is 7.74. The summed E-state index contributed by atoms with van der Waals surface area (Å²) < 4.78 is 11.1. The van der Waals surface area contributed by atoms with E-state index < -0.39 is 24.0 Å². The number of hydrogen-bond acceptors (Lipinski definition) is 5. The Kier molecular flexibility index (Phi) is 5.89. The zero-order valence-electron chi connectivity index (χ0n) is 16.7. The molecule has 0 saturated heterocycles. The molecule has 0 radical (unpaired) electrons. The largest absolute Gasteiger partial charge is 0.467 e. The van der Waals surface area contributed by atoms with Crippen molar-refractivity contribution in [2.75, 3.05) is 12.8 Å². The van der Waals surface area contributed by atoms with Gasteiger partial charge < -0.3 is 20.5 Å². The van der Waals surface area contributed by atoms with Gasteiger partial charge in [-0.2, -0.15) is 0 Å². The Morgan fingerprint density at radius 1 is 1.14 bits per heavy atom. The number of esters is 1. The van der Waals surface area contributed by atoms with E-state index in [4.69, 9.17) is 15.2 Å². The number of rotatable bonds is 6.